The number of nitrogens with zero attached hydrogens (tertiary/aromatic N) is 1. The molecule has 1 aliphatic rings. The van der Waals surface area contributed by atoms with Crippen LogP contribution in [0.4, 0.5) is 0 Å². The lowest BCUT2D eigenvalue weighted by molar-refractivity contribution is -0.131. The minimum Gasteiger partial charge on any atom is -0.368 e. The smallest absolute Gasteiger partial charge is 0.243 e. The summed E-state index contributed by atoms with van der Waals surface area (Å²) in [4.78, 5) is 47.0. The first-order valence-corrected chi connectivity index (χ1v) is 13.5. The summed E-state index contributed by atoms with van der Waals surface area (Å²) in [5.41, 5.74) is 11.0. The van der Waals surface area contributed by atoms with Crippen LogP contribution in [0.2, 0.25) is 0 Å². The monoisotopic (exact) mass is 543 g/mol. The van der Waals surface area contributed by atoms with Crippen molar-refractivity contribution in [3.05, 3.63) is 126 Å². The number of rotatable bonds is 9. The molecule has 0 unspecified atom stereocenters. The number of benzene rings is 4. The van der Waals surface area contributed by atoms with Crippen molar-refractivity contribution in [2.45, 2.75) is 30.8 Å². The van der Waals surface area contributed by atoms with Gasteiger partial charge in [-0.3, -0.25) is 14.4 Å². The number of hydrogen-bond acceptors (Lipinski definition) is 4. The van der Waals surface area contributed by atoms with E-state index in [1.165, 1.54) is 6.33 Å². The average Bonchev–Trinajstić information content (AvgIpc) is 3.62. The van der Waals surface area contributed by atoms with Crippen LogP contribution in [0, 0.1) is 0 Å². The Morgan fingerprint density at radius 3 is 2.12 bits per heavy atom. The Kier molecular flexibility index (Phi) is 7.04. The standard InChI is InChI=1S/C33H29N5O3/c34-31(39)28(17-22-18-35-19-36-22)37-32(40)29(16-21-10-7-9-20-8-1-2-11-23(20)21)38-33(41)30-26-14-5-3-12-24(26)25-13-4-6-15-27(25)30/h1-15,18-19,28-30H,16-17H2,(H2,34,39)(H,35,36)(H,37,40)(H,38,41)/t28-,29-/m1/s1. The predicted molar refractivity (Wildman–Crippen MR) is 157 cm³/mol. The highest BCUT2D eigenvalue weighted by molar-refractivity contribution is 5.99. The highest BCUT2D eigenvalue weighted by Crippen LogP contribution is 2.44. The van der Waals surface area contributed by atoms with Crippen molar-refractivity contribution in [1.82, 2.24) is 20.6 Å². The summed E-state index contributed by atoms with van der Waals surface area (Å²) < 4.78 is 0. The quantitative estimate of drug-likeness (QED) is 0.226. The third kappa shape index (κ3) is 5.19. The van der Waals surface area contributed by atoms with Crippen molar-refractivity contribution in [2.24, 2.45) is 5.73 Å². The molecule has 5 aromatic rings. The molecule has 0 saturated heterocycles. The van der Waals surface area contributed by atoms with Crippen molar-refractivity contribution in [3.63, 3.8) is 0 Å². The van der Waals surface area contributed by atoms with Crippen LogP contribution in [-0.4, -0.2) is 39.8 Å². The van der Waals surface area contributed by atoms with Crippen molar-refractivity contribution in [1.29, 1.82) is 0 Å². The van der Waals surface area contributed by atoms with E-state index in [2.05, 4.69) is 20.6 Å². The van der Waals surface area contributed by atoms with Gasteiger partial charge in [0.15, 0.2) is 0 Å². The Morgan fingerprint density at radius 1 is 0.780 bits per heavy atom. The summed E-state index contributed by atoms with van der Waals surface area (Å²) in [7, 11) is 0. The molecule has 8 nitrogen and oxygen atoms in total. The van der Waals surface area contributed by atoms with Crippen LogP contribution < -0.4 is 16.4 Å². The van der Waals surface area contributed by atoms with Gasteiger partial charge in [0, 0.05) is 24.7 Å². The van der Waals surface area contributed by atoms with Crippen LogP contribution in [0.3, 0.4) is 0 Å². The van der Waals surface area contributed by atoms with E-state index in [-0.39, 0.29) is 18.7 Å². The summed E-state index contributed by atoms with van der Waals surface area (Å²) in [6.45, 7) is 0. The zero-order valence-electron chi connectivity index (χ0n) is 22.2. The number of hydrogen-bond donors (Lipinski definition) is 4. The van der Waals surface area contributed by atoms with Crippen LogP contribution in [-0.2, 0) is 27.2 Å². The van der Waals surface area contributed by atoms with Gasteiger partial charge in [0.25, 0.3) is 0 Å². The first kappa shape index (κ1) is 26.0. The van der Waals surface area contributed by atoms with Crippen molar-refractivity contribution >= 4 is 28.5 Å². The molecule has 6 rings (SSSR count). The molecule has 1 aliphatic carbocycles. The Labute approximate surface area is 237 Å². The van der Waals surface area contributed by atoms with E-state index in [0.717, 1.165) is 38.6 Å². The second-order valence-corrected chi connectivity index (χ2v) is 10.3. The molecular weight excluding hydrogens is 514 g/mol. The molecule has 41 heavy (non-hydrogen) atoms. The molecule has 8 heteroatoms. The number of nitrogens with one attached hydrogen (secondary N) is 3. The predicted octanol–water partition coefficient (Wildman–Crippen LogP) is 3.62. The number of carbonyl (C=O) groups excluding carboxylic acids is 3. The van der Waals surface area contributed by atoms with Crippen LogP contribution >= 0.6 is 0 Å². The Morgan fingerprint density at radius 2 is 1.44 bits per heavy atom. The van der Waals surface area contributed by atoms with Crippen molar-refractivity contribution in [2.75, 3.05) is 0 Å². The van der Waals surface area contributed by atoms with Gasteiger partial charge in [0.2, 0.25) is 17.7 Å². The van der Waals surface area contributed by atoms with Crippen LogP contribution in [0.25, 0.3) is 21.9 Å². The highest BCUT2D eigenvalue weighted by atomic mass is 16.2. The lowest BCUT2D eigenvalue weighted by Crippen LogP contribution is -2.55. The topological polar surface area (TPSA) is 130 Å². The second kappa shape index (κ2) is 11.1. The Bertz CT molecular complexity index is 1700. The molecule has 1 aromatic heterocycles. The molecule has 0 aliphatic heterocycles. The largest absolute Gasteiger partial charge is 0.368 e. The van der Waals surface area contributed by atoms with E-state index in [0.29, 0.717) is 5.69 Å². The Balaban J connectivity index is 1.32. The van der Waals surface area contributed by atoms with E-state index in [1.54, 1.807) is 6.20 Å². The highest BCUT2D eigenvalue weighted by Gasteiger charge is 2.36. The summed E-state index contributed by atoms with van der Waals surface area (Å²) >= 11 is 0. The number of nitrogens with two attached hydrogens (primary N) is 1. The summed E-state index contributed by atoms with van der Waals surface area (Å²) in [5, 5.41) is 7.83. The molecule has 0 spiro atoms. The minimum absolute atomic E-state index is 0.152. The molecule has 204 valence electrons. The van der Waals surface area contributed by atoms with Gasteiger partial charge in [-0.05, 0) is 38.6 Å². The number of primary amides is 1. The van der Waals surface area contributed by atoms with Gasteiger partial charge >= 0.3 is 0 Å². The first-order chi connectivity index (χ1) is 20.0. The maximum atomic E-state index is 14.0. The lowest BCUT2D eigenvalue weighted by Gasteiger charge is -2.24. The third-order valence-electron chi connectivity index (χ3n) is 7.67. The van der Waals surface area contributed by atoms with Crippen molar-refractivity contribution < 1.29 is 14.4 Å². The number of carbonyl (C=O) groups is 3. The van der Waals surface area contributed by atoms with Crippen LogP contribution in [0.5, 0.6) is 0 Å². The zero-order valence-corrected chi connectivity index (χ0v) is 22.2. The normalized spacial score (nSPS) is 13.7. The van der Waals surface area contributed by atoms with Gasteiger partial charge < -0.3 is 21.4 Å². The minimum atomic E-state index is -0.984. The fourth-order valence-corrected chi connectivity index (χ4v) is 5.70. The zero-order chi connectivity index (χ0) is 28.3. The van der Waals surface area contributed by atoms with Gasteiger partial charge in [-0.2, -0.15) is 0 Å². The summed E-state index contributed by atoms with van der Waals surface area (Å²) in [5.74, 6) is -2.02. The fraction of sp³-hybridized carbons (Fsp3) is 0.152. The number of aromatic nitrogens is 2. The van der Waals surface area contributed by atoms with Gasteiger partial charge in [0.1, 0.15) is 12.1 Å². The molecule has 3 amide bonds. The maximum Gasteiger partial charge on any atom is 0.243 e. The first-order valence-electron chi connectivity index (χ1n) is 13.5. The van der Waals surface area contributed by atoms with Crippen LogP contribution in [0.1, 0.15) is 28.3 Å². The van der Waals surface area contributed by atoms with E-state index in [4.69, 9.17) is 5.73 Å². The van der Waals surface area contributed by atoms with E-state index < -0.39 is 29.8 Å². The van der Waals surface area contributed by atoms with E-state index in [1.807, 2.05) is 91.0 Å². The summed E-state index contributed by atoms with van der Waals surface area (Å²) in [6.07, 6.45) is 3.45. The average molecular weight is 544 g/mol. The van der Waals surface area contributed by atoms with E-state index in [9.17, 15) is 14.4 Å². The van der Waals surface area contributed by atoms with Crippen molar-refractivity contribution in [3.8, 4) is 11.1 Å². The van der Waals surface area contributed by atoms with Gasteiger partial charge in [0.05, 0.1) is 12.2 Å². The Hall–Kier alpha value is -5.24. The number of fused-ring (bicyclic) bond motifs is 4. The van der Waals surface area contributed by atoms with Gasteiger partial charge in [-0.15, -0.1) is 0 Å². The molecule has 1 heterocycles. The van der Waals surface area contributed by atoms with Gasteiger partial charge in [-0.1, -0.05) is 91.0 Å². The lowest BCUT2D eigenvalue weighted by atomic mass is 9.94. The van der Waals surface area contributed by atoms with Crippen LogP contribution in [0.15, 0.2) is 104 Å². The summed E-state index contributed by atoms with van der Waals surface area (Å²) in [6, 6.07) is 27.5. The number of imidazole rings is 1. The number of H-pyrrole nitrogens is 1. The maximum absolute atomic E-state index is 14.0. The fourth-order valence-electron chi connectivity index (χ4n) is 5.70. The molecule has 4 aromatic carbocycles. The molecule has 0 saturated carbocycles. The molecule has 0 bridgehead atoms. The molecular formula is C33H29N5O3. The molecule has 2 atom stereocenters. The molecule has 0 radical (unpaired) electrons. The molecule has 0 fully saturated rings. The van der Waals surface area contributed by atoms with Gasteiger partial charge in [-0.25, -0.2) is 4.98 Å². The number of amides is 3. The SMILES string of the molecule is NC(=O)[C@@H](Cc1cnc[nH]1)NC(=O)[C@@H](Cc1cccc2ccccc12)NC(=O)C1c2ccccc2-c2ccccc21. The molecule has 5 N–H and O–H groups in total. The van der Waals surface area contributed by atoms with E-state index >= 15 is 0 Å². The number of aromatic amines is 1. The third-order valence-corrected chi connectivity index (χ3v) is 7.67. The second-order valence-electron chi connectivity index (χ2n) is 10.3.